The van der Waals surface area contributed by atoms with Crippen LogP contribution in [0.15, 0.2) is 34.9 Å². The molecule has 0 aromatic carbocycles. The van der Waals surface area contributed by atoms with Crippen LogP contribution in [0.3, 0.4) is 0 Å². The Morgan fingerprint density at radius 1 is 1.40 bits per heavy atom. The van der Waals surface area contributed by atoms with E-state index in [1.807, 2.05) is 0 Å². The maximum Gasteiger partial charge on any atom is 0.0589 e. The molecule has 0 heterocycles. The van der Waals surface area contributed by atoms with Crippen molar-refractivity contribution in [2.24, 2.45) is 5.73 Å². The minimum atomic E-state index is 0.302. The van der Waals surface area contributed by atoms with E-state index < -0.39 is 0 Å². The van der Waals surface area contributed by atoms with E-state index in [9.17, 15) is 0 Å². The van der Waals surface area contributed by atoms with Gasteiger partial charge in [0.1, 0.15) is 0 Å². The molecule has 0 aromatic heterocycles. The van der Waals surface area contributed by atoms with Gasteiger partial charge in [-0.2, -0.15) is 0 Å². The Morgan fingerprint density at radius 2 is 1.90 bits per heavy atom. The number of nitrogens with two attached hydrogens (primary N) is 1. The maximum absolute atomic E-state index is 5.60. The largest absolute Gasteiger partial charge is 0.327 e. The van der Waals surface area contributed by atoms with E-state index in [-0.39, 0.29) is 0 Å². The fraction of sp³-hybridized carbons (Fsp3) is 0.143. The van der Waals surface area contributed by atoms with Crippen molar-refractivity contribution >= 4 is 23.2 Å². The third-order valence-corrected chi connectivity index (χ3v) is 1.49. The molecule has 0 aliphatic carbocycles. The highest BCUT2D eigenvalue weighted by molar-refractivity contribution is 6.43. The molecule has 0 spiro atoms. The van der Waals surface area contributed by atoms with Crippen LogP contribution in [0.25, 0.3) is 0 Å². The van der Waals surface area contributed by atoms with E-state index in [1.165, 1.54) is 0 Å². The number of hydrogen-bond donors (Lipinski definition) is 1. The molecule has 56 valence electrons. The SMILES string of the molecule is C=C(/C=C(/Cl)C(=C)Cl)CN. The molecule has 0 unspecified atom stereocenters. The summed E-state index contributed by atoms with van der Waals surface area (Å²) in [6.45, 7) is 7.41. The van der Waals surface area contributed by atoms with E-state index in [0.717, 1.165) is 5.57 Å². The molecule has 0 aromatic rings. The molecule has 0 amide bonds. The van der Waals surface area contributed by atoms with Crippen molar-refractivity contribution in [2.45, 2.75) is 0 Å². The second-order valence-corrected chi connectivity index (χ2v) is 2.62. The van der Waals surface area contributed by atoms with Gasteiger partial charge < -0.3 is 5.73 Å². The first-order valence-electron chi connectivity index (χ1n) is 2.67. The van der Waals surface area contributed by atoms with Crippen LogP contribution < -0.4 is 5.73 Å². The van der Waals surface area contributed by atoms with Crippen LogP contribution in [0, 0.1) is 0 Å². The van der Waals surface area contributed by atoms with Gasteiger partial charge in [-0.1, -0.05) is 36.4 Å². The molecule has 0 fully saturated rings. The monoisotopic (exact) mass is 177 g/mol. The summed E-state index contributed by atoms with van der Waals surface area (Å²) in [6.07, 6.45) is 1.59. The van der Waals surface area contributed by atoms with Crippen LogP contribution in [-0.4, -0.2) is 6.54 Å². The molecule has 0 bridgehead atoms. The van der Waals surface area contributed by atoms with Crippen molar-refractivity contribution < 1.29 is 0 Å². The quantitative estimate of drug-likeness (QED) is 0.659. The van der Waals surface area contributed by atoms with E-state index in [2.05, 4.69) is 13.2 Å². The standard InChI is InChI=1S/C7H9Cl2N/c1-5(4-10)3-7(9)6(2)8/h3H,1-2,4,10H2/b7-3+. The molecule has 0 atom stereocenters. The highest BCUT2D eigenvalue weighted by Gasteiger charge is 1.94. The lowest BCUT2D eigenvalue weighted by molar-refractivity contribution is 1.19. The summed E-state index contributed by atoms with van der Waals surface area (Å²) >= 11 is 11.1. The van der Waals surface area contributed by atoms with Crippen LogP contribution in [0.4, 0.5) is 0 Å². The zero-order valence-electron chi connectivity index (χ0n) is 5.53. The highest BCUT2D eigenvalue weighted by Crippen LogP contribution is 2.17. The average molecular weight is 178 g/mol. The van der Waals surface area contributed by atoms with Gasteiger partial charge in [-0.25, -0.2) is 0 Å². The van der Waals surface area contributed by atoms with Crippen LogP contribution in [0.2, 0.25) is 0 Å². The lowest BCUT2D eigenvalue weighted by atomic mass is 10.3. The molecular weight excluding hydrogens is 169 g/mol. The molecule has 10 heavy (non-hydrogen) atoms. The van der Waals surface area contributed by atoms with Crippen LogP contribution >= 0.6 is 23.2 Å². The van der Waals surface area contributed by atoms with Crippen molar-refractivity contribution in [3.8, 4) is 0 Å². The molecule has 0 rings (SSSR count). The van der Waals surface area contributed by atoms with Crippen molar-refractivity contribution in [1.29, 1.82) is 0 Å². The zero-order chi connectivity index (χ0) is 8.15. The van der Waals surface area contributed by atoms with Gasteiger partial charge in [0, 0.05) is 6.54 Å². The number of rotatable bonds is 3. The molecule has 0 aliphatic heterocycles. The first-order chi connectivity index (χ1) is 4.57. The first kappa shape index (κ1) is 9.76. The minimum absolute atomic E-state index is 0.302. The Morgan fingerprint density at radius 3 is 2.20 bits per heavy atom. The Hall–Kier alpha value is -0.240. The minimum Gasteiger partial charge on any atom is -0.327 e. The van der Waals surface area contributed by atoms with Crippen LogP contribution in [0.5, 0.6) is 0 Å². The zero-order valence-corrected chi connectivity index (χ0v) is 7.04. The second kappa shape index (κ2) is 4.56. The summed E-state index contributed by atoms with van der Waals surface area (Å²) in [5.41, 5.74) is 5.97. The number of halogens is 2. The number of hydrogen-bond acceptors (Lipinski definition) is 1. The van der Waals surface area contributed by atoms with E-state index in [4.69, 9.17) is 28.9 Å². The topological polar surface area (TPSA) is 26.0 Å². The van der Waals surface area contributed by atoms with E-state index >= 15 is 0 Å². The van der Waals surface area contributed by atoms with Crippen LogP contribution in [-0.2, 0) is 0 Å². The summed E-state index contributed by atoms with van der Waals surface area (Å²) in [5.74, 6) is 0. The van der Waals surface area contributed by atoms with Gasteiger partial charge >= 0.3 is 0 Å². The predicted molar refractivity (Wildman–Crippen MR) is 47.1 cm³/mol. The van der Waals surface area contributed by atoms with Gasteiger partial charge in [0.25, 0.3) is 0 Å². The number of allylic oxidation sites excluding steroid dienone is 2. The smallest absolute Gasteiger partial charge is 0.0589 e. The van der Waals surface area contributed by atoms with E-state index in [1.54, 1.807) is 6.08 Å². The van der Waals surface area contributed by atoms with Gasteiger partial charge in [-0.05, 0) is 11.6 Å². The average Bonchev–Trinajstić information content (AvgIpc) is 1.87. The van der Waals surface area contributed by atoms with Crippen LogP contribution in [0.1, 0.15) is 0 Å². The van der Waals surface area contributed by atoms with Gasteiger partial charge in [0.15, 0.2) is 0 Å². The fourth-order valence-corrected chi connectivity index (χ4v) is 0.525. The fourth-order valence-electron chi connectivity index (χ4n) is 0.316. The summed E-state index contributed by atoms with van der Waals surface area (Å²) in [7, 11) is 0. The third kappa shape index (κ3) is 3.72. The predicted octanol–water partition coefficient (Wildman–Crippen LogP) is 2.38. The van der Waals surface area contributed by atoms with Crippen molar-refractivity contribution in [1.82, 2.24) is 0 Å². The van der Waals surface area contributed by atoms with Crippen molar-refractivity contribution in [3.63, 3.8) is 0 Å². The van der Waals surface area contributed by atoms with E-state index in [0.29, 0.717) is 16.6 Å². The van der Waals surface area contributed by atoms with Crippen molar-refractivity contribution in [2.75, 3.05) is 6.54 Å². The third-order valence-electron chi connectivity index (χ3n) is 0.852. The molecule has 0 radical (unpaired) electrons. The molecule has 0 saturated heterocycles. The summed E-state index contributed by atoms with van der Waals surface area (Å²) in [4.78, 5) is 0. The Bertz CT molecular complexity index is 182. The summed E-state index contributed by atoms with van der Waals surface area (Å²) in [6, 6.07) is 0. The lowest BCUT2D eigenvalue weighted by Gasteiger charge is -1.95. The molecule has 3 heteroatoms. The maximum atomic E-state index is 5.60. The molecular formula is C7H9Cl2N. The Labute approximate surface area is 70.8 Å². The van der Waals surface area contributed by atoms with Gasteiger partial charge in [-0.3, -0.25) is 0 Å². The molecule has 0 aliphatic rings. The molecule has 1 nitrogen and oxygen atoms in total. The Balaban J connectivity index is 4.16. The highest BCUT2D eigenvalue weighted by atomic mass is 35.5. The van der Waals surface area contributed by atoms with Gasteiger partial charge in [0.05, 0.1) is 10.1 Å². The Kier molecular flexibility index (Phi) is 4.45. The van der Waals surface area contributed by atoms with Gasteiger partial charge in [0.2, 0.25) is 0 Å². The normalized spacial score (nSPS) is 11.3. The summed E-state index contributed by atoms with van der Waals surface area (Å²) in [5, 5.41) is 0.688. The molecule has 2 N–H and O–H groups in total. The molecule has 0 saturated carbocycles. The summed E-state index contributed by atoms with van der Waals surface area (Å²) < 4.78 is 0. The first-order valence-corrected chi connectivity index (χ1v) is 3.43. The van der Waals surface area contributed by atoms with Crippen molar-refractivity contribution in [3.05, 3.63) is 34.9 Å². The lowest BCUT2D eigenvalue weighted by Crippen LogP contribution is -1.99. The van der Waals surface area contributed by atoms with Gasteiger partial charge in [-0.15, -0.1) is 0 Å². The second-order valence-electron chi connectivity index (χ2n) is 1.76.